The van der Waals surface area contributed by atoms with Gasteiger partial charge in [-0.1, -0.05) is 23.4 Å². The summed E-state index contributed by atoms with van der Waals surface area (Å²) < 4.78 is 7.79. The lowest BCUT2D eigenvalue weighted by Crippen LogP contribution is -2.35. The average molecular weight is 443 g/mol. The van der Waals surface area contributed by atoms with E-state index in [4.69, 9.17) is 4.74 Å². The second-order valence-corrected chi connectivity index (χ2v) is 8.51. The number of aryl methyl sites for hydroxylation is 1. The number of amides is 1. The number of carbonyl (C=O) groups is 1. The highest BCUT2D eigenvalue weighted by Crippen LogP contribution is 2.25. The fourth-order valence-electron chi connectivity index (χ4n) is 4.04. The molecule has 3 heterocycles. The summed E-state index contributed by atoms with van der Waals surface area (Å²) in [5.41, 5.74) is 2.29. The van der Waals surface area contributed by atoms with E-state index in [0.717, 1.165) is 53.7 Å². The summed E-state index contributed by atoms with van der Waals surface area (Å²) in [6.07, 6.45) is 5.79. The van der Waals surface area contributed by atoms with Crippen molar-refractivity contribution in [2.45, 2.75) is 18.9 Å². The lowest BCUT2D eigenvalue weighted by molar-refractivity contribution is 0.102. The minimum atomic E-state index is -0.222. The van der Waals surface area contributed by atoms with Gasteiger partial charge >= 0.3 is 0 Å². The summed E-state index contributed by atoms with van der Waals surface area (Å²) in [5, 5.41) is 13.0. The normalized spacial score (nSPS) is 15.0. The van der Waals surface area contributed by atoms with Crippen molar-refractivity contribution in [2.75, 3.05) is 25.5 Å². The number of fused-ring (bicyclic) bond motifs is 1. The van der Waals surface area contributed by atoms with Crippen LogP contribution in [0.3, 0.4) is 0 Å². The van der Waals surface area contributed by atoms with Crippen molar-refractivity contribution < 1.29 is 9.53 Å². The van der Waals surface area contributed by atoms with E-state index in [2.05, 4.69) is 32.6 Å². The monoisotopic (exact) mass is 442 g/mol. The fraction of sp³-hybridized carbons (Fsp3) is 0.280. The molecule has 8 nitrogen and oxygen atoms in total. The molecule has 168 valence electrons. The Bertz CT molecular complexity index is 1290. The molecule has 0 unspecified atom stereocenters. The highest BCUT2D eigenvalue weighted by molar-refractivity contribution is 6.04. The lowest BCUT2D eigenvalue weighted by atomic mass is 10.1. The standard InChI is InChI=1S/C25H26N6O2/c1-30-10-8-21(9-11-30)33-22-5-3-4-18(13-22)25(32)27-24-14-20-12-17(6-7-19(20)15-26-24)23-16-31(2)29-28-23/h3-7,12-16,21H,8-11H2,1-2H3,(H,26,27,32). The number of piperidine rings is 1. The van der Waals surface area contributed by atoms with Crippen LogP contribution in [0.2, 0.25) is 0 Å². The van der Waals surface area contributed by atoms with Crippen LogP contribution in [0.5, 0.6) is 5.75 Å². The Balaban J connectivity index is 1.31. The van der Waals surface area contributed by atoms with Crippen LogP contribution in [0.25, 0.3) is 22.0 Å². The number of hydrogen-bond donors (Lipinski definition) is 1. The summed E-state index contributed by atoms with van der Waals surface area (Å²) in [5.74, 6) is 0.989. The van der Waals surface area contributed by atoms with Crippen molar-refractivity contribution in [1.29, 1.82) is 0 Å². The maximum atomic E-state index is 12.9. The molecular formula is C25H26N6O2. The third kappa shape index (κ3) is 4.85. The zero-order valence-electron chi connectivity index (χ0n) is 18.7. The van der Waals surface area contributed by atoms with Gasteiger partial charge in [0, 0.05) is 42.8 Å². The van der Waals surface area contributed by atoms with Crippen LogP contribution in [0, 0.1) is 0 Å². The van der Waals surface area contributed by atoms with Crippen LogP contribution >= 0.6 is 0 Å². The molecule has 2 aromatic heterocycles. The molecule has 1 saturated heterocycles. The number of anilines is 1. The number of hydrogen-bond acceptors (Lipinski definition) is 6. The first-order chi connectivity index (χ1) is 16.0. The van der Waals surface area contributed by atoms with Gasteiger partial charge in [-0.05, 0) is 55.6 Å². The quantitative estimate of drug-likeness (QED) is 0.507. The molecule has 1 aliphatic heterocycles. The predicted octanol–water partition coefficient (Wildman–Crippen LogP) is 3.76. The van der Waals surface area contributed by atoms with Gasteiger partial charge in [0.05, 0.1) is 6.20 Å². The van der Waals surface area contributed by atoms with Gasteiger partial charge in [-0.3, -0.25) is 9.48 Å². The van der Waals surface area contributed by atoms with Crippen LogP contribution in [0.4, 0.5) is 5.82 Å². The first-order valence-corrected chi connectivity index (χ1v) is 11.1. The third-order valence-electron chi connectivity index (χ3n) is 5.93. The van der Waals surface area contributed by atoms with E-state index in [1.54, 1.807) is 23.0 Å². The molecule has 1 fully saturated rings. The number of pyridine rings is 1. The zero-order chi connectivity index (χ0) is 22.8. The van der Waals surface area contributed by atoms with Gasteiger partial charge < -0.3 is 15.0 Å². The molecule has 5 rings (SSSR count). The van der Waals surface area contributed by atoms with Gasteiger partial charge in [0.1, 0.15) is 23.4 Å². The Morgan fingerprint density at radius 1 is 1.06 bits per heavy atom. The van der Waals surface area contributed by atoms with Gasteiger partial charge in [0.25, 0.3) is 5.91 Å². The van der Waals surface area contributed by atoms with Crippen molar-refractivity contribution in [3.63, 3.8) is 0 Å². The van der Waals surface area contributed by atoms with Crippen LogP contribution in [0.1, 0.15) is 23.2 Å². The number of nitrogens with one attached hydrogen (secondary N) is 1. The molecule has 4 aromatic rings. The third-order valence-corrected chi connectivity index (χ3v) is 5.93. The van der Waals surface area contributed by atoms with Crippen LogP contribution < -0.4 is 10.1 Å². The Labute approximate surface area is 192 Å². The summed E-state index contributed by atoms with van der Waals surface area (Å²) in [7, 11) is 3.96. The molecule has 0 aliphatic carbocycles. The Hall–Kier alpha value is -3.78. The first kappa shape index (κ1) is 21.1. The summed E-state index contributed by atoms with van der Waals surface area (Å²) >= 11 is 0. The summed E-state index contributed by atoms with van der Waals surface area (Å²) in [4.78, 5) is 19.6. The van der Waals surface area contributed by atoms with Crippen molar-refractivity contribution in [3.8, 4) is 17.0 Å². The molecule has 33 heavy (non-hydrogen) atoms. The number of likely N-dealkylation sites (tertiary alicyclic amines) is 1. The van der Waals surface area contributed by atoms with Gasteiger partial charge in [0.2, 0.25) is 0 Å². The van der Waals surface area contributed by atoms with E-state index in [-0.39, 0.29) is 12.0 Å². The molecule has 1 N–H and O–H groups in total. The van der Waals surface area contributed by atoms with E-state index in [1.165, 1.54) is 0 Å². The van der Waals surface area contributed by atoms with Crippen molar-refractivity contribution in [3.05, 3.63) is 66.5 Å². The van der Waals surface area contributed by atoms with Gasteiger partial charge in [-0.2, -0.15) is 0 Å². The number of nitrogens with zero attached hydrogens (tertiary/aromatic N) is 5. The van der Waals surface area contributed by atoms with Crippen molar-refractivity contribution in [2.24, 2.45) is 7.05 Å². The minimum Gasteiger partial charge on any atom is -0.490 e. The molecule has 8 heteroatoms. The molecule has 1 aliphatic rings. The molecule has 2 aromatic carbocycles. The van der Waals surface area contributed by atoms with Gasteiger partial charge in [-0.25, -0.2) is 4.98 Å². The van der Waals surface area contributed by atoms with Crippen LogP contribution in [0.15, 0.2) is 60.9 Å². The lowest BCUT2D eigenvalue weighted by Gasteiger charge is -2.29. The maximum absolute atomic E-state index is 12.9. The Kier molecular flexibility index (Phi) is 5.75. The molecule has 0 bridgehead atoms. The van der Waals surface area contributed by atoms with E-state index in [9.17, 15) is 4.79 Å². The number of aromatic nitrogens is 4. The van der Waals surface area contributed by atoms with E-state index < -0.39 is 0 Å². The second kappa shape index (κ2) is 8.99. The zero-order valence-corrected chi connectivity index (χ0v) is 18.7. The molecule has 0 radical (unpaired) electrons. The smallest absolute Gasteiger partial charge is 0.256 e. The fourth-order valence-corrected chi connectivity index (χ4v) is 4.04. The minimum absolute atomic E-state index is 0.185. The second-order valence-electron chi connectivity index (χ2n) is 8.51. The van der Waals surface area contributed by atoms with E-state index in [1.807, 2.05) is 49.6 Å². The van der Waals surface area contributed by atoms with Crippen LogP contribution in [-0.4, -0.2) is 57.0 Å². The first-order valence-electron chi connectivity index (χ1n) is 11.1. The highest BCUT2D eigenvalue weighted by atomic mass is 16.5. The largest absolute Gasteiger partial charge is 0.490 e. The van der Waals surface area contributed by atoms with Crippen LogP contribution in [-0.2, 0) is 7.05 Å². The number of ether oxygens (including phenoxy) is 1. The molecular weight excluding hydrogens is 416 g/mol. The highest BCUT2D eigenvalue weighted by Gasteiger charge is 2.18. The molecule has 1 amide bonds. The number of carbonyl (C=O) groups excluding carboxylic acids is 1. The SMILES string of the molecule is CN1CCC(Oc2cccc(C(=O)Nc3cc4cc(-c5cn(C)nn5)ccc4cn3)c2)CC1. The molecule has 0 saturated carbocycles. The number of benzene rings is 2. The van der Waals surface area contributed by atoms with Gasteiger partial charge in [-0.15, -0.1) is 5.10 Å². The van der Waals surface area contributed by atoms with Gasteiger partial charge in [0.15, 0.2) is 0 Å². The van der Waals surface area contributed by atoms with Crippen molar-refractivity contribution in [1.82, 2.24) is 24.9 Å². The Morgan fingerprint density at radius 2 is 1.91 bits per heavy atom. The predicted molar refractivity (Wildman–Crippen MR) is 127 cm³/mol. The molecule has 0 spiro atoms. The average Bonchev–Trinajstić information content (AvgIpc) is 3.26. The van der Waals surface area contributed by atoms with E-state index in [0.29, 0.717) is 11.4 Å². The molecule has 0 atom stereocenters. The summed E-state index contributed by atoms with van der Waals surface area (Å²) in [6, 6.07) is 15.2. The number of rotatable bonds is 5. The Morgan fingerprint density at radius 3 is 2.70 bits per heavy atom. The topological polar surface area (TPSA) is 85.2 Å². The summed E-state index contributed by atoms with van der Waals surface area (Å²) in [6.45, 7) is 2.05. The van der Waals surface area contributed by atoms with Crippen molar-refractivity contribution >= 4 is 22.5 Å². The maximum Gasteiger partial charge on any atom is 0.256 e. The van der Waals surface area contributed by atoms with E-state index >= 15 is 0 Å².